The number of piperidine rings is 1. The number of rotatable bonds is 2. The van der Waals surface area contributed by atoms with Gasteiger partial charge < -0.3 is 5.32 Å². The summed E-state index contributed by atoms with van der Waals surface area (Å²) < 4.78 is 25.0. The van der Waals surface area contributed by atoms with Gasteiger partial charge in [0.05, 0.1) is 5.25 Å². The number of pyridine rings is 1. The smallest absolute Gasteiger partial charge is 0.198 e. The predicted octanol–water partition coefficient (Wildman–Crippen LogP) is 1.37. The quantitative estimate of drug-likeness (QED) is 0.839. The Kier molecular flexibility index (Phi) is 3.61. The van der Waals surface area contributed by atoms with Crippen LogP contribution in [-0.2, 0) is 9.84 Å². The fourth-order valence-electron chi connectivity index (χ4n) is 1.82. The molecule has 0 aromatic carbocycles. The van der Waals surface area contributed by atoms with Crippen molar-refractivity contribution in [2.24, 2.45) is 0 Å². The Hall–Kier alpha value is -0.460. The second-order valence-electron chi connectivity index (χ2n) is 3.79. The highest BCUT2D eigenvalue weighted by Gasteiger charge is 2.29. The van der Waals surface area contributed by atoms with Gasteiger partial charge in [0.25, 0.3) is 0 Å². The molecule has 2 heterocycles. The first kappa shape index (κ1) is 12.0. The molecule has 4 nitrogen and oxygen atoms in total. The summed E-state index contributed by atoms with van der Waals surface area (Å²) in [4.78, 5) is 4.03. The molecule has 1 aromatic heterocycles. The highest BCUT2D eigenvalue weighted by atomic mass is 79.9. The lowest BCUT2D eigenvalue weighted by Crippen LogP contribution is -2.36. The van der Waals surface area contributed by atoms with E-state index < -0.39 is 9.84 Å². The average Bonchev–Trinajstić information content (AvgIpc) is 2.30. The summed E-state index contributed by atoms with van der Waals surface area (Å²) in [6, 6.07) is 4.98. The largest absolute Gasteiger partial charge is 0.317 e. The molecule has 1 aromatic rings. The predicted molar refractivity (Wildman–Crippen MR) is 65.0 cm³/mol. The minimum atomic E-state index is -3.27. The Bertz CT molecular complexity index is 469. The number of halogens is 1. The topological polar surface area (TPSA) is 59.1 Å². The van der Waals surface area contributed by atoms with Gasteiger partial charge in [-0.3, -0.25) is 0 Å². The maximum atomic E-state index is 12.2. The SMILES string of the molecule is O=S(=O)(c1cccc(Br)n1)C1CCNCC1. The van der Waals surface area contributed by atoms with Crippen LogP contribution in [0.2, 0.25) is 0 Å². The van der Waals surface area contributed by atoms with E-state index >= 15 is 0 Å². The second kappa shape index (κ2) is 4.81. The number of sulfone groups is 1. The summed E-state index contributed by atoms with van der Waals surface area (Å²) in [7, 11) is -3.27. The molecule has 6 heteroatoms. The van der Waals surface area contributed by atoms with Crippen LogP contribution in [-0.4, -0.2) is 31.7 Å². The lowest BCUT2D eigenvalue weighted by molar-refractivity contribution is 0.494. The van der Waals surface area contributed by atoms with Crippen molar-refractivity contribution in [1.82, 2.24) is 10.3 Å². The minimum absolute atomic E-state index is 0.175. The Morgan fingerprint density at radius 3 is 2.62 bits per heavy atom. The Morgan fingerprint density at radius 2 is 2.00 bits per heavy atom. The molecule has 1 saturated heterocycles. The summed E-state index contributed by atoms with van der Waals surface area (Å²) >= 11 is 3.19. The van der Waals surface area contributed by atoms with Crippen molar-refractivity contribution < 1.29 is 8.42 Å². The first-order chi connectivity index (χ1) is 7.60. The molecule has 0 spiro atoms. The van der Waals surface area contributed by atoms with Gasteiger partial charge >= 0.3 is 0 Å². The zero-order valence-corrected chi connectivity index (χ0v) is 11.1. The second-order valence-corrected chi connectivity index (χ2v) is 6.78. The number of nitrogens with one attached hydrogen (secondary N) is 1. The molecule has 0 saturated carbocycles. The van der Waals surface area contributed by atoms with Crippen LogP contribution in [0, 0.1) is 0 Å². The van der Waals surface area contributed by atoms with Gasteiger partial charge in [-0.05, 0) is 54.0 Å². The number of nitrogens with zero attached hydrogens (tertiary/aromatic N) is 1. The Morgan fingerprint density at radius 1 is 1.31 bits per heavy atom. The Balaban J connectivity index is 2.30. The molecule has 1 N–H and O–H groups in total. The van der Waals surface area contributed by atoms with Crippen LogP contribution in [0.3, 0.4) is 0 Å². The van der Waals surface area contributed by atoms with E-state index in [1.807, 2.05) is 0 Å². The average molecular weight is 305 g/mol. The molecular formula is C10H13BrN2O2S. The van der Waals surface area contributed by atoms with Gasteiger partial charge in [0.2, 0.25) is 0 Å². The molecule has 88 valence electrons. The van der Waals surface area contributed by atoms with E-state index in [0.29, 0.717) is 17.4 Å². The molecule has 1 aliphatic rings. The lowest BCUT2D eigenvalue weighted by atomic mass is 10.2. The van der Waals surface area contributed by atoms with Gasteiger partial charge in [0.1, 0.15) is 4.60 Å². The Labute approximate surface area is 104 Å². The highest BCUT2D eigenvalue weighted by Crippen LogP contribution is 2.21. The third-order valence-corrected chi connectivity index (χ3v) is 5.31. The van der Waals surface area contributed by atoms with Gasteiger partial charge in [-0.2, -0.15) is 0 Å². The number of aromatic nitrogens is 1. The van der Waals surface area contributed by atoms with Gasteiger partial charge in [-0.1, -0.05) is 6.07 Å². The summed E-state index contributed by atoms with van der Waals surface area (Å²) in [6.07, 6.45) is 1.33. The first-order valence-electron chi connectivity index (χ1n) is 5.18. The fourth-order valence-corrected chi connectivity index (χ4v) is 3.98. The maximum absolute atomic E-state index is 12.2. The minimum Gasteiger partial charge on any atom is -0.317 e. The van der Waals surface area contributed by atoms with Crippen LogP contribution in [0.4, 0.5) is 0 Å². The summed E-state index contributed by atoms with van der Waals surface area (Å²) in [5, 5.41) is 3.03. The lowest BCUT2D eigenvalue weighted by Gasteiger charge is -2.22. The zero-order chi connectivity index (χ0) is 11.6. The van der Waals surface area contributed by atoms with E-state index in [4.69, 9.17) is 0 Å². The number of hydrogen-bond acceptors (Lipinski definition) is 4. The summed E-state index contributed by atoms with van der Waals surface area (Å²) in [6.45, 7) is 1.52. The normalized spacial score (nSPS) is 18.6. The molecule has 2 rings (SSSR count). The van der Waals surface area contributed by atoms with Crippen molar-refractivity contribution in [3.63, 3.8) is 0 Å². The monoisotopic (exact) mass is 304 g/mol. The van der Waals surface area contributed by atoms with Crippen molar-refractivity contribution in [2.45, 2.75) is 23.1 Å². The first-order valence-corrected chi connectivity index (χ1v) is 7.52. The van der Waals surface area contributed by atoms with E-state index in [0.717, 1.165) is 13.1 Å². The molecule has 0 aliphatic carbocycles. The van der Waals surface area contributed by atoms with Crippen molar-refractivity contribution in [2.75, 3.05) is 13.1 Å². The molecule has 0 bridgehead atoms. The third-order valence-electron chi connectivity index (χ3n) is 2.71. The van der Waals surface area contributed by atoms with Gasteiger partial charge in [0.15, 0.2) is 14.9 Å². The fraction of sp³-hybridized carbons (Fsp3) is 0.500. The molecule has 1 fully saturated rings. The molecule has 16 heavy (non-hydrogen) atoms. The van der Waals surface area contributed by atoms with E-state index in [1.54, 1.807) is 18.2 Å². The van der Waals surface area contributed by atoms with E-state index in [9.17, 15) is 8.42 Å². The van der Waals surface area contributed by atoms with E-state index in [1.165, 1.54) is 0 Å². The summed E-state index contributed by atoms with van der Waals surface area (Å²) in [5.74, 6) is 0. The van der Waals surface area contributed by atoms with Crippen LogP contribution >= 0.6 is 15.9 Å². The zero-order valence-electron chi connectivity index (χ0n) is 8.69. The third kappa shape index (κ3) is 2.44. The molecule has 0 radical (unpaired) electrons. The molecule has 0 unspecified atom stereocenters. The molecular weight excluding hydrogens is 292 g/mol. The van der Waals surface area contributed by atoms with Crippen LogP contribution in [0.15, 0.2) is 27.8 Å². The van der Waals surface area contributed by atoms with Crippen LogP contribution < -0.4 is 5.32 Å². The van der Waals surface area contributed by atoms with Gasteiger partial charge in [-0.15, -0.1) is 0 Å². The van der Waals surface area contributed by atoms with Gasteiger partial charge in [-0.25, -0.2) is 13.4 Å². The van der Waals surface area contributed by atoms with Crippen molar-refractivity contribution in [1.29, 1.82) is 0 Å². The van der Waals surface area contributed by atoms with Gasteiger partial charge in [0, 0.05) is 0 Å². The molecule has 1 aliphatic heterocycles. The van der Waals surface area contributed by atoms with Crippen molar-refractivity contribution in [3.05, 3.63) is 22.8 Å². The number of hydrogen-bond donors (Lipinski definition) is 1. The molecule has 0 amide bonds. The highest BCUT2D eigenvalue weighted by molar-refractivity contribution is 9.10. The van der Waals surface area contributed by atoms with Crippen molar-refractivity contribution >= 4 is 25.8 Å². The summed E-state index contributed by atoms with van der Waals surface area (Å²) in [5.41, 5.74) is 0. The van der Waals surface area contributed by atoms with E-state index in [2.05, 4.69) is 26.2 Å². The van der Waals surface area contributed by atoms with Crippen LogP contribution in [0.5, 0.6) is 0 Å². The standard InChI is InChI=1S/C10H13BrN2O2S/c11-9-2-1-3-10(13-9)16(14,15)8-4-6-12-7-5-8/h1-3,8,12H,4-7H2. The van der Waals surface area contributed by atoms with Crippen LogP contribution in [0.25, 0.3) is 0 Å². The maximum Gasteiger partial charge on any atom is 0.198 e. The van der Waals surface area contributed by atoms with E-state index in [-0.39, 0.29) is 10.3 Å². The van der Waals surface area contributed by atoms with Crippen LogP contribution in [0.1, 0.15) is 12.8 Å². The van der Waals surface area contributed by atoms with Crippen molar-refractivity contribution in [3.8, 4) is 0 Å². The molecule has 0 atom stereocenters.